The number of nitrogens with one attached hydrogen (secondary N) is 1. The monoisotopic (exact) mass is 439 g/mol. The van der Waals surface area contributed by atoms with E-state index in [-0.39, 0.29) is 17.5 Å². The van der Waals surface area contributed by atoms with Crippen LogP contribution in [0.2, 0.25) is 0 Å². The minimum Gasteiger partial charge on any atom is -0.438 e. The van der Waals surface area contributed by atoms with Gasteiger partial charge in [-0.05, 0) is 30.9 Å². The topological polar surface area (TPSA) is 90.3 Å². The summed E-state index contributed by atoms with van der Waals surface area (Å²) in [5.74, 6) is -4.32. The number of para-hydroxylation sites is 1. The molecule has 1 N–H and O–H groups in total. The number of hydrogen-bond donors (Lipinski definition) is 1. The van der Waals surface area contributed by atoms with E-state index < -0.39 is 33.5 Å². The van der Waals surface area contributed by atoms with Gasteiger partial charge in [-0.25, -0.2) is 13.4 Å². The van der Waals surface area contributed by atoms with E-state index in [0.29, 0.717) is 12.7 Å². The molecule has 0 aliphatic heterocycles. The molecule has 1 aliphatic carbocycles. The molecule has 7 nitrogen and oxygen atoms in total. The van der Waals surface area contributed by atoms with Crippen molar-refractivity contribution in [2.24, 2.45) is 13.0 Å². The normalized spacial score (nSPS) is 15.9. The molecule has 1 aromatic carbocycles. The van der Waals surface area contributed by atoms with E-state index in [1.165, 1.54) is 13.1 Å². The van der Waals surface area contributed by atoms with Crippen molar-refractivity contribution in [3.05, 3.63) is 53.3 Å². The second kappa shape index (κ2) is 8.17. The number of ether oxygens (including phenoxy) is 1. The van der Waals surface area contributed by atoms with Gasteiger partial charge in [0.25, 0.3) is 5.91 Å². The zero-order valence-corrected chi connectivity index (χ0v) is 17.6. The van der Waals surface area contributed by atoms with Crippen LogP contribution in [0.1, 0.15) is 36.1 Å². The number of carbonyl (C=O) groups is 1. The first kappa shape index (κ1) is 21.9. The molecule has 1 aliphatic rings. The first-order valence-electron chi connectivity index (χ1n) is 9.33. The molecule has 1 fully saturated rings. The Morgan fingerprint density at radius 2 is 1.97 bits per heavy atom. The number of benzene rings is 1. The van der Waals surface area contributed by atoms with E-state index in [4.69, 9.17) is 4.74 Å². The standard InChI is InChI=1S/C20H23F2N3O4S/c1-20(21,22)19-24-16(18(25(19)2)29-14-7-5-4-6-8-14)17(26)23-15(13-9-10-13)11-12-30(3,27)28/h4-8,11-13,15H,9-10H2,1-3H3,(H,23,26)/b12-11+/t15-/m1/s1. The number of aromatic nitrogens is 2. The number of imidazole rings is 1. The van der Waals surface area contributed by atoms with Crippen LogP contribution in [0, 0.1) is 5.92 Å². The summed E-state index contributed by atoms with van der Waals surface area (Å²) in [7, 11) is -2.03. The predicted molar refractivity (Wildman–Crippen MR) is 107 cm³/mol. The second-order valence-electron chi connectivity index (χ2n) is 7.45. The number of alkyl halides is 2. The first-order valence-corrected chi connectivity index (χ1v) is 11.3. The van der Waals surface area contributed by atoms with Gasteiger partial charge in [-0.3, -0.25) is 9.36 Å². The quantitative estimate of drug-likeness (QED) is 0.681. The number of hydrogen-bond acceptors (Lipinski definition) is 5. The fourth-order valence-corrected chi connectivity index (χ4v) is 3.42. The molecule has 1 amide bonds. The average Bonchev–Trinajstić information content (AvgIpc) is 3.43. The van der Waals surface area contributed by atoms with E-state index >= 15 is 0 Å². The Labute approximate surface area is 173 Å². The van der Waals surface area contributed by atoms with Gasteiger partial charge in [0.2, 0.25) is 5.88 Å². The van der Waals surface area contributed by atoms with Crippen molar-refractivity contribution in [3.8, 4) is 11.6 Å². The highest BCUT2D eigenvalue weighted by atomic mass is 32.2. The van der Waals surface area contributed by atoms with E-state index in [0.717, 1.165) is 29.1 Å². The molecule has 1 saturated carbocycles. The van der Waals surface area contributed by atoms with Gasteiger partial charge in [0.1, 0.15) is 5.75 Å². The maximum Gasteiger partial charge on any atom is 0.302 e. The minimum absolute atomic E-state index is 0.0845. The Hall–Kier alpha value is -2.75. The van der Waals surface area contributed by atoms with E-state index in [9.17, 15) is 22.0 Å². The van der Waals surface area contributed by atoms with E-state index in [1.807, 2.05) is 0 Å². The van der Waals surface area contributed by atoms with Crippen LogP contribution in [-0.4, -0.2) is 36.2 Å². The number of sulfone groups is 1. The molecule has 10 heteroatoms. The molecule has 1 heterocycles. The Morgan fingerprint density at radius 1 is 1.33 bits per heavy atom. The lowest BCUT2D eigenvalue weighted by Crippen LogP contribution is -2.35. The zero-order chi connectivity index (χ0) is 22.1. The van der Waals surface area contributed by atoms with Gasteiger partial charge in [-0.15, -0.1) is 0 Å². The highest BCUT2D eigenvalue weighted by molar-refractivity contribution is 7.93. The molecule has 2 aromatic rings. The SMILES string of the molecule is Cn1c(C(C)(F)F)nc(C(=O)N[C@H](/C=C/S(C)(=O)=O)C2CC2)c1Oc1ccccc1. The van der Waals surface area contributed by atoms with Crippen molar-refractivity contribution < 1.29 is 26.7 Å². The second-order valence-corrected chi connectivity index (χ2v) is 9.38. The maximum atomic E-state index is 14.0. The van der Waals surface area contributed by atoms with Crippen LogP contribution in [0.15, 0.2) is 41.8 Å². The van der Waals surface area contributed by atoms with E-state index in [1.54, 1.807) is 30.3 Å². The highest BCUT2D eigenvalue weighted by Gasteiger charge is 2.37. The Balaban J connectivity index is 1.94. The average molecular weight is 439 g/mol. The molecule has 1 atom stereocenters. The van der Waals surface area contributed by atoms with Crippen LogP contribution in [0.5, 0.6) is 11.6 Å². The van der Waals surface area contributed by atoms with Gasteiger partial charge in [0.05, 0.1) is 6.04 Å². The molecule has 1 aromatic heterocycles. The third kappa shape index (κ3) is 5.44. The lowest BCUT2D eigenvalue weighted by Gasteiger charge is -2.14. The largest absolute Gasteiger partial charge is 0.438 e. The molecule has 0 spiro atoms. The summed E-state index contributed by atoms with van der Waals surface area (Å²) in [4.78, 5) is 16.8. The number of nitrogens with zero attached hydrogens (tertiary/aromatic N) is 2. The highest BCUT2D eigenvalue weighted by Crippen LogP contribution is 2.35. The smallest absolute Gasteiger partial charge is 0.302 e. The van der Waals surface area contributed by atoms with Gasteiger partial charge in [-0.2, -0.15) is 8.78 Å². The lowest BCUT2D eigenvalue weighted by molar-refractivity contribution is 0.00457. The molecular weight excluding hydrogens is 416 g/mol. The Bertz CT molecular complexity index is 1060. The predicted octanol–water partition coefficient (Wildman–Crippen LogP) is 3.39. The Kier molecular flexibility index (Phi) is 5.98. The summed E-state index contributed by atoms with van der Waals surface area (Å²) in [5, 5.41) is 3.72. The third-order valence-corrected chi connectivity index (χ3v) is 5.22. The van der Waals surface area contributed by atoms with Crippen LogP contribution >= 0.6 is 0 Å². The summed E-state index contributed by atoms with van der Waals surface area (Å²) in [5.41, 5.74) is -0.295. The summed E-state index contributed by atoms with van der Waals surface area (Å²) >= 11 is 0. The van der Waals surface area contributed by atoms with Crippen molar-refractivity contribution in [2.45, 2.75) is 31.7 Å². The van der Waals surface area contributed by atoms with Gasteiger partial charge in [0.15, 0.2) is 21.4 Å². The Morgan fingerprint density at radius 3 is 2.50 bits per heavy atom. The van der Waals surface area contributed by atoms with Gasteiger partial charge >= 0.3 is 5.92 Å². The molecule has 0 unspecified atom stereocenters. The maximum absolute atomic E-state index is 14.0. The minimum atomic E-state index is -3.37. The van der Waals surface area contributed by atoms with Crippen LogP contribution in [0.3, 0.4) is 0 Å². The summed E-state index contributed by atoms with van der Waals surface area (Å²) in [6.45, 7) is 0.686. The van der Waals surface area contributed by atoms with Crippen molar-refractivity contribution in [1.82, 2.24) is 14.9 Å². The summed E-state index contributed by atoms with van der Waals surface area (Å²) in [6.07, 6.45) is 4.11. The van der Waals surface area contributed by atoms with Gasteiger partial charge in [0, 0.05) is 25.6 Å². The number of carbonyl (C=O) groups excluding carboxylic acids is 1. The fourth-order valence-electron chi connectivity index (χ4n) is 2.97. The molecule has 0 saturated heterocycles. The van der Waals surface area contributed by atoms with E-state index in [2.05, 4.69) is 10.3 Å². The lowest BCUT2D eigenvalue weighted by atomic mass is 10.2. The summed E-state index contributed by atoms with van der Waals surface area (Å²) in [6, 6.07) is 7.88. The number of amides is 1. The van der Waals surface area contributed by atoms with Gasteiger partial charge in [-0.1, -0.05) is 24.3 Å². The molecular formula is C20H23F2N3O4S. The van der Waals surface area contributed by atoms with Crippen molar-refractivity contribution >= 4 is 15.7 Å². The first-order chi connectivity index (χ1) is 14.0. The molecule has 0 radical (unpaired) electrons. The van der Waals surface area contributed by atoms with Crippen molar-refractivity contribution in [3.63, 3.8) is 0 Å². The van der Waals surface area contributed by atoms with Crippen LogP contribution in [-0.2, 0) is 22.8 Å². The van der Waals surface area contributed by atoms with Crippen LogP contribution in [0.4, 0.5) is 8.78 Å². The molecule has 162 valence electrons. The van der Waals surface area contributed by atoms with Crippen LogP contribution in [0.25, 0.3) is 0 Å². The fraction of sp³-hybridized carbons (Fsp3) is 0.400. The molecule has 3 rings (SSSR count). The van der Waals surface area contributed by atoms with Crippen molar-refractivity contribution in [1.29, 1.82) is 0 Å². The van der Waals surface area contributed by atoms with Crippen LogP contribution < -0.4 is 10.1 Å². The molecule has 0 bridgehead atoms. The number of halogens is 2. The third-order valence-electron chi connectivity index (χ3n) is 4.57. The molecule has 30 heavy (non-hydrogen) atoms. The van der Waals surface area contributed by atoms with Gasteiger partial charge < -0.3 is 10.1 Å². The zero-order valence-electron chi connectivity index (χ0n) is 16.8. The summed E-state index contributed by atoms with van der Waals surface area (Å²) < 4.78 is 57.6. The van der Waals surface area contributed by atoms with Crippen molar-refractivity contribution in [2.75, 3.05) is 6.26 Å². The number of rotatable bonds is 8.